The monoisotopic (exact) mass is 465 g/mol. The fraction of sp³-hybridized carbons (Fsp3) is 0.346. The van der Waals surface area contributed by atoms with Gasteiger partial charge in [0.2, 0.25) is 15.9 Å². The standard InChI is InChI=1S/C26H31N3O3S/c1-3-25(22-10-8-20(2)9-11-22)27-26(30)19-28-14-16-29(17-15-28)33(31,32)24-13-12-21-6-4-5-7-23(21)18-24/h4-13,18,25H,3,14-17,19H2,1-2H3,(H,27,30)/t25-/m1/s1. The number of amides is 1. The lowest BCUT2D eigenvalue weighted by molar-refractivity contribution is -0.123. The molecule has 1 amide bonds. The number of rotatable bonds is 7. The summed E-state index contributed by atoms with van der Waals surface area (Å²) in [6, 6.07) is 21.2. The van der Waals surface area contributed by atoms with Crippen LogP contribution in [0.3, 0.4) is 0 Å². The molecular weight excluding hydrogens is 434 g/mol. The number of benzene rings is 3. The number of aryl methyl sites for hydroxylation is 1. The largest absolute Gasteiger partial charge is 0.348 e. The van der Waals surface area contributed by atoms with Crippen LogP contribution in [0.5, 0.6) is 0 Å². The van der Waals surface area contributed by atoms with E-state index in [9.17, 15) is 13.2 Å². The van der Waals surface area contributed by atoms with Crippen LogP contribution in [0.15, 0.2) is 71.6 Å². The van der Waals surface area contributed by atoms with Gasteiger partial charge < -0.3 is 5.32 Å². The number of nitrogens with zero attached hydrogens (tertiary/aromatic N) is 2. The van der Waals surface area contributed by atoms with Crippen molar-refractivity contribution in [1.29, 1.82) is 0 Å². The number of hydrogen-bond donors (Lipinski definition) is 1. The number of fused-ring (bicyclic) bond motifs is 1. The second-order valence-corrected chi connectivity index (χ2v) is 10.6. The zero-order valence-corrected chi connectivity index (χ0v) is 20.0. The van der Waals surface area contributed by atoms with E-state index in [4.69, 9.17) is 0 Å². The minimum Gasteiger partial charge on any atom is -0.348 e. The van der Waals surface area contributed by atoms with Crippen LogP contribution in [0.2, 0.25) is 0 Å². The lowest BCUT2D eigenvalue weighted by atomic mass is 10.0. The van der Waals surface area contributed by atoms with Gasteiger partial charge in [-0.3, -0.25) is 9.69 Å². The van der Waals surface area contributed by atoms with Crippen molar-refractivity contribution in [2.24, 2.45) is 0 Å². The first kappa shape index (κ1) is 23.4. The fourth-order valence-electron chi connectivity index (χ4n) is 4.27. The third-order valence-electron chi connectivity index (χ3n) is 6.28. The van der Waals surface area contributed by atoms with Gasteiger partial charge in [0.05, 0.1) is 17.5 Å². The predicted molar refractivity (Wildman–Crippen MR) is 132 cm³/mol. The molecule has 0 spiro atoms. The van der Waals surface area contributed by atoms with Crippen LogP contribution in [0, 0.1) is 6.92 Å². The minimum absolute atomic E-state index is 0.0207. The Morgan fingerprint density at radius 2 is 1.61 bits per heavy atom. The first-order valence-corrected chi connectivity index (χ1v) is 12.9. The van der Waals surface area contributed by atoms with Gasteiger partial charge in [-0.15, -0.1) is 0 Å². The van der Waals surface area contributed by atoms with Gasteiger partial charge in [0, 0.05) is 26.2 Å². The zero-order chi connectivity index (χ0) is 23.4. The predicted octanol–water partition coefficient (Wildman–Crippen LogP) is 3.72. The van der Waals surface area contributed by atoms with Gasteiger partial charge in [0.15, 0.2) is 0 Å². The molecule has 0 radical (unpaired) electrons. The number of piperazine rings is 1. The molecule has 0 aromatic heterocycles. The minimum atomic E-state index is -3.56. The summed E-state index contributed by atoms with van der Waals surface area (Å²) in [6.45, 7) is 6.18. The molecule has 1 aliphatic rings. The van der Waals surface area contributed by atoms with Gasteiger partial charge in [-0.1, -0.05) is 67.1 Å². The number of carbonyl (C=O) groups is 1. The van der Waals surface area contributed by atoms with Crippen molar-refractivity contribution >= 4 is 26.7 Å². The molecule has 1 fully saturated rings. The van der Waals surface area contributed by atoms with Crippen molar-refractivity contribution in [2.45, 2.75) is 31.2 Å². The van der Waals surface area contributed by atoms with Gasteiger partial charge in [-0.25, -0.2) is 8.42 Å². The molecule has 3 aromatic rings. The first-order chi connectivity index (χ1) is 15.9. The van der Waals surface area contributed by atoms with Crippen LogP contribution in [0.25, 0.3) is 10.8 Å². The molecule has 1 aliphatic heterocycles. The summed E-state index contributed by atoms with van der Waals surface area (Å²) in [5, 5.41) is 5.05. The van der Waals surface area contributed by atoms with Crippen LogP contribution < -0.4 is 5.32 Å². The summed E-state index contributed by atoms with van der Waals surface area (Å²) in [7, 11) is -3.56. The van der Waals surface area contributed by atoms with Crippen molar-refractivity contribution in [2.75, 3.05) is 32.7 Å². The van der Waals surface area contributed by atoms with Crippen molar-refractivity contribution < 1.29 is 13.2 Å². The van der Waals surface area contributed by atoms with Gasteiger partial charge in [-0.05, 0) is 41.8 Å². The molecule has 7 heteroatoms. The SMILES string of the molecule is CC[C@@H](NC(=O)CN1CCN(S(=O)(=O)c2ccc3ccccc3c2)CC1)c1ccc(C)cc1. The van der Waals surface area contributed by atoms with Crippen molar-refractivity contribution in [3.63, 3.8) is 0 Å². The van der Waals surface area contributed by atoms with Crippen molar-refractivity contribution in [3.8, 4) is 0 Å². The van der Waals surface area contributed by atoms with Crippen LogP contribution >= 0.6 is 0 Å². The normalized spacial score (nSPS) is 16.5. The van der Waals surface area contributed by atoms with E-state index in [1.54, 1.807) is 12.1 Å². The number of nitrogens with one attached hydrogen (secondary N) is 1. The number of sulfonamides is 1. The summed E-state index contributed by atoms with van der Waals surface area (Å²) in [5.41, 5.74) is 2.29. The molecule has 6 nitrogen and oxygen atoms in total. The van der Waals surface area contributed by atoms with E-state index in [2.05, 4.69) is 36.5 Å². The maximum Gasteiger partial charge on any atom is 0.243 e. The molecule has 3 aromatic carbocycles. The highest BCUT2D eigenvalue weighted by Gasteiger charge is 2.29. The lowest BCUT2D eigenvalue weighted by Gasteiger charge is -2.33. The van der Waals surface area contributed by atoms with Crippen LogP contribution in [0.4, 0.5) is 0 Å². The Morgan fingerprint density at radius 1 is 0.939 bits per heavy atom. The summed E-state index contributed by atoms with van der Waals surface area (Å²) < 4.78 is 27.8. The third-order valence-corrected chi connectivity index (χ3v) is 8.18. The molecule has 174 valence electrons. The van der Waals surface area contributed by atoms with Crippen LogP contribution in [-0.4, -0.2) is 56.3 Å². The summed E-state index contributed by atoms with van der Waals surface area (Å²) in [4.78, 5) is 15.0. The Labute approximate surface area is 196 Å². The maximum atomic E-state index is 13.2. The van der Waals surface area contributed by atoms with E-state index in [0.29, 0.717) is 31.1 Å². The molecule has 0 saturated carbocycles. The number of hydrogen-bond acceptors (Lipinski definition) is 4. The summed E-state index contributed by atoms with van der Waals surface area (Å²) in [5.74, 6) is -0.0340. The first-order valence-electron chi connectivity index (χ1n) is 11.4. The Morgan fingerprint density at radius 3 is 2.27 bits per heavy atom. The summed E-state index contributed by atoms with van der Waals surface area (Å²) >= 11 is 0. The Kier molecular flexibility index (Phi) is 7.12. The molecule has 1 atom stereocenters. The van der Waals surface area contributed by atoms with Gasteiger partial charge in [0.1, 0.15) is 0 Å². The highest BCUT2D eigenvalue weighted by Crippen LogP contribution is 2.23. The maximum absolute atomic E-state index is 13.2. The van der Waals surface area contributed by atoms with Gasteiger partial charge in [0.25, 0.3) is 0 Å². The molecule has 0 bridgehead atoms. The van der Waals surface area contributed by atoms with E-state index < -0.39 is 10.0 Å². The molecule has 1 heterocycles. The van der Waals surface area contributed by atoms with Crippen molar-refractivity contribution in [1.82, 2.24) is 14.5 Å². The third kappa shape index (κ3) is 5.43. The average Bonchev–Trinajstić information content (AvgIpc) is 2.83. The molecule has 1 N–H and O–H groups in total. The summed E-state index contributed by atoms with van der Waals surface area (Å²) in [6.07, 6.45) is 0.812. The Hall–Kier alpha value is -2.74. The van der Waals surface area contributed by atoms with E-state index >= 15 is 0 Å². The topological polar surface area (TPSA) is 69.7 Å². The fourth-order valence-corrected chi connectivity index (χ4v) is 5.73. The van der Waals surface area contributed by atoms with Crippen molar-refractivity contribution in [3.05, 3.63) is 77.9 Å². The van der Waals surface area contributed by atoms with Gasteiger partial charge >= 0.3 is 0 Å². The highest BCUT2D eigenvalue weighted by molar-refractivity contribution is 7.89. The molecule has 0 unspecified atom stereocenters. The molecule has 33 heavy (non-hydrogen) atoms. The highest BCUT2D eigenvalue weighted by atomic mass is 32.2. The number of carbonyl (C=O) groups excluding carboxylic acids is 1. The van der Waals surface area contributed by atoms with E-state index in [1.165, 1.54) is 9.87 Å². The lowest BCUT2D eigenvalue weighted by Crippen LogP contribution is -2.51. The molecule has 1 saturated heterocycles. The van der Waals surface area contributed by atoms with E-state index in [-0.39, 0.29) is 18.5 Å². The molecular formula is C26H31N3O3S. The van der Waals surface area contributed by atoms with E-state index in [0.717, 1.165) is 22.8 Å². The average molecular weight is 466 g/mol. The molecule has 0 aliphatic carbocycles. The molecule has 4 rings (SSSR count). The zero-order valence-electron chi connectivity index (χ0n) is 19.2. The van der Waals surface area contributed by atoms with Crippen LogP contribution in [-0.2, 0) is 14.8 Å². The van der Waals surface area contributed by atoms with E-state index in [1.807, 2.05) is 42.2 Å². The van der Waals surface area contributed by atoms with Gasteiger partial charge in [-0.2, -0.15) is 4.31 Å². The Bertz CT molecular complexity index is 1220. The Balaban J connectivity index is 1.34. The van der Waals surface area contributed by atoms with Crippen LogP contribution in [0.1, 0.15) is 30.5 Å². The second-order valence-electron chi connectivity index (χ2n) is 8.63. The smallest absolute Gasteiger partial charge is 0.243 e. The quantitative estimate of drug-likeness (QED) is 0.577. The second kappa shape index (κ2) is 10.0.